The Bertz CT molecular complexity index is 1560. The third-order valence-electron chi connectivity index (χ3n) is 6.24. The molecule has 1 fully saturated rings. The van der Waals surface area contributed by atoms with E-state index in [1.54, 1.807) is 18.2 Å². The molecule has 9 heteroatoms. The highest BCUT2D eigenvalue weighted by Gasteiger charge is 2.48. The molecule has 1 N–H and O–H groups in total. The summed E-state index contributed by atoms with van der Waals surface area (Å²) in [5.41, 5.74) is 1.70. The summed E-state index contributed by atoms with van der Waals surface area (Å²) in [6.45, 7) is 3.25. The first-order chi connectivity index (χ1) is 18.0. The number of carbonyl (C=O) groups is 2. The fourth-order valence-electron chi connectivity index (χ4n) is 4.58. The standard InChI is InChI=1S/C28H22N2O6S/c1-2-34-18-9-10-19-22(15-18)37-28(29-19)30-24(16-6-4-3-5-7-16)23(26(32)27(30)33)25(31)17-8-11-20-21(14-17)36-13-12-35-20/h3-11,14-15,24,31H,2,12-13H2,1H3/b25-23+/t24-/m1/s1. The van der Waals surface area contributed by atoms with Gasteiger partial charge in [-0.2, -0.15) is 0 Å². The first-order valence-electron chi connectivity index (χ1n) is 11.8. The number of ketones is 1. The van der Waals surface area contributed by atoms with Crippen LogP contribution in [0.1, 0.15) is 24.1 Å². The fraction of sp³-hybridized carbons (Fsp3) is 0.179. The second-order valence-electron chi connectivity index (χ2n) is 8.50. The van der Waals surface area contributed by atoms with Gasteiger partial charge in [0.05, 0.1) is 28.4 Å². The SMILES string of the molecule is CCOc1ccc2nc(N3C(=O)C(=O)/C(=C(/O)c4ccc5c(c4)OCCO5)[C@H]3c3ccccc3)sc2c1. The predicted molar refractivity (Wildman–Crippen MR) is 139 cm³/mol. The molecule has 4 aromatic rings. The highest BCUT2D eigenvalue weighted by molar-refractivity contribution is 7.22. The van der Waals surface area contributed by atoms with E-state index in [4.69, 9.17) is 14.2 Å². The molecule has 0 bridgehead atoms. The minimum Gasteiger partial charge on any atom is -0.507 e. The summed E-state index contributed by atoms with van der Waals surface area (Å²) >= 11 is 1.29. The minimum absolute atomic E-state index is 0.0119. The molecule has 0 saturated carbocycles. The number of rotatable bonds is 5. The van der Waals surface area contributed by atoms with Crippen LogP contribution in [0.4, 0.5) is 5.13 Å². The number of ether oxygens (including phenoxy) is 3. The molecule has 2 aliphatic rings. The zero-order chi connectivity index (χ0) is 25.5. The number of fused-ring (bicyclic) bond motifs is 2. The predicted octanol–water partition coefficient (Wildman–Crippen LogP) is 5.09. The van der Waals surface area contributed by atoms with Crippen LogP contribution in [0.15, 0.2) is 72.3 Å². The number of Topliss-reactive ketones (excluding diaryl/α,β-unsaturated/α-hetero) is 1. The molecule has 37 heavy (non-hydrogen) atoms. The summed E-state index contributed by atoms with van der Waals surface area (Å²) in [4.78, 5) is 32.9. The highest BCUT2D eigenvalue weighted by Crippen LogP contribution is 2.45. The number of aromatic nitrogens is 1. The smallest absolute Gasteiger partial charge is 0.301 e. The molecule has 1 saturated heterocycles. The number of aliphatic hydroxyl groups excluding tert-OH is 1. The van der Waals surface area contributed by atoms with Crippen molar-refractivity contribution < 1.29 is 28.9 Å². The summed E-state index contributed by atoms with van der Waals surface area (Å²) in [7, 11) is 0. The van der Waals surface area contributed by atoms with Crippen molar-refractivity contribution in [1.82, 2.24) is 4.98 Å². The fourth-order valence-corrected chi connectivity index (χ4v) is 5.60. The van der Waals surface area contributed by atoms with Crippen LogP contribution in [-0.4, -0.2) is 41.6 Å². The number of hydrogen-bond acceptors (Lipinski definition) is 8. The highest BCUT2D eigenvalue weighted by atomic mass is 32.1. The lowest BCUT2D eigenvalue weighted by molar-refractivity contribution is -0.132. The molecule has 186 valence electrons. The van der Waals surface area contributed by atoms with Gasteiger partial charge >= 0.3 is 5.91 Å². The molecule has 0 unspecified atom stereocenters. The molecule has 0 radical (unpaired) electrons. The van der Waals surface area contributed by atoms with Gasteiger partial charge in [0, 0.05) is 5.56 Å². The van der Waals surface area contributed by atoms with Crippen LogP contribution in [0.3, 0.4) is 0 Å². The Morgan fingerprint density at radius 2 is 1.84 bits per heavy atom. The molecule has 0 aliphatic carbocycles. The van der Waals surface area contributed by atoms with Crippen molar-refractivity contribution in [1.29, 1.82) is 0 Å². The van der Waals surface area contributed by atoms with Gasteiger partial charge in [0.2, 0.25) is 0 Å². The van der Waals surface area contributed by atoms with Crippen molar-refractivity contribution in [3.05, 3.63) is 83.4 Å². The zero-order valence-corrected chi connectivity index (χ0v) is 20.7. The Kier molecular flexibility index (Phi) is 5.77. The Labute approximate surface area is 216 Å². The Morgan fingerprint density at radius 1 is 1.05 bits per heavy atom. The van der Waals surface area contributed by atoms with Crippen LogP contribution in [0, 0.1) is 0 Å². The lowest BCUT2D eigenvalue weighted by Crippen LogP contribution is -2.29. The average Bonchev–Trinajstić information content (AvgIpc) is 3.46. The molecular formula is C28H22N2O6S. The van der Waals surface area contributed by atoms with Gasteiger partial charge in [0.1, 0.15) is 24.7 Å². The summed E-state index contributed by atoms with van der Waals surface area (Å²) in [6.07, 6.45) is 0. The Hall–Kier alpha value is -4.37. The molecule has 1 atom stereocenters. The normalized spacial score (nSPS) is 18.4. The number of aliphatic hydroxyl groups is 1. The van der Waals surface area contributed by atoms with Gasteiger partial charge in [-0.15, -0.1) is 0 Å². The largest absolute Gasteiger partial charge is 0.507 e. The number of carbonyl (C=O) groups excluding carboxylic acids is 2. The topological polar surface area (TPSA) is 98.2 Å². The minimum atomic E-state index is -0.860. The first kappa shape index (κ1) is 23.1. The maximum absolute atomic E-state index is 13.4. The van der Waals surface area contributed by atoms with E-state index < -0.39 is 17.7 Å². The number of nitrogens with zero attached hydrogens (tertiary/aromatic N) is 2. The summed E-state index contributed by atoms with van der Waals surface area (Å²) in [5.74, 6) is -0.0924. The monoisotopic (exact) mass is 514 g/mol. The number of thiazole rings is 1. The molecule has 6 rings (SSSR count). The molecule has 1 aromatic heterocycles. The maximum Gasteiger partial charge on any atom is 0.301 e. The second kappa shape index (κ2) is 9.25. The Balaban J connectivity index is 1.50. The Morgan fingerprint density at radius 3 is 2.62 bits per heavy atom. The van der Waals surface area contributed by atoms with Crippen molar-refractivity contribution in [2.24, 2.45) is 0 Å². The van der Waals surface area contributed by atoms with E-state index in [9.17, 15) is 14.7 Å². The van der Waals surface area contributed by atoms with Gasteiger partial charge in [-0.25, -0.2) is 4.98 Å². The van der Waals surface area contributed by atoms with E-state index in [0.29, 0.717) is 58.8 Å². The molecule has 1 amide bonds. The van der Waals surface area contributed by atoms with E-state index in [2.05, 4.69) is 4.98 Å². The quantitative estimate of drug-likeness (QED) is 0.225. The van der Waals surface area contributed by atoms with Crippen LogP contribution >= 0.6 is 11.3 Å². The van der Waals surface area contributed by atoms with Crippen LogP contribution < -0.4 is 19.1 Å². The lowest BCUT2D eigenvalue weighted by Gasteiger charge is -2.23. The number of hydrogen-bond donors (Lipinski definition) is 1. The number of benzene rings is 3. The van der Waals surface area contributed by atoms with Crippen molar-refractivity contribution in [2.45, 2.75) is 13.0 Å². The van der Waals surface area contributed by atoms with Crippen LogP contribution in [0.5, 0.6) is 17.2 Å². The zero-order valence-electron chi connectivity index (χ0n) is 19.8. The second-order valence-corrected chi connectivity index (χ2v) is 9.51. The number of amides is 1. The van der Waals surface area contributed by atoms with Crippen molar-refractivity contribution in [3.63, 3.8) is 0 Å². The molecular weight excluding hydrogens is 492 g/mol. The summed E-state index contributed by atoms with van der Waals surface area (Å²) < 4.78 is 17.6. The summed E-state index contributed by atoms with van der Waals surface area (Å²) in [5, 5.41) is 11.8. The van der Waals surface area contributed by atoms with Crippen LogP contribution in [0.25, 0.3) is 16.0 Å². The van der Waals surface area contributed by atoms with E-state index >= 15 is 0 Å². The van der Waals surface area contributed by atoms with E-state index in [1.165, 1.54) is 16.2 Å². The summed E-state index contributed by atoms with van der Waals surface area (Å²) in [6, 6.07) is 18.7. The van der Waals surface area contributed by atoms with E-state index in [-0.39, 0.29) is 11.3 Å². The van der Waals surface area contributed by atoms with Crippen LogP contribution in [-0.2, 0) is 9.59 Å². The molecule has 2 aliphatic heterocycles. The van der Waals surface area contributed by atoms with Gasteiger partial charge in [0.25, 0.3) is 5.78 Å². The van der Waals surface area contributed by atoms with Gasteiger partial charge in [0.15, 0.2) is 16.6 Å². The average molecular weight is 515 g/mol. The molecule has 8 nitrogen and oxygen atoms in total. The maximum atomic E-state index is 13.4. The lowest BCUT2D eigenvalue weighted by atomic mass is 9.95. The third-order valence-corrected chi connectivity index (χ3v) is 7.26. The first-order valence-corrected chi connectivity index (χ1v) is 12.7. The van der Waals surface area contributed by atoms with Gasteiger partial charge in [-0.1, -0.05) is 41.7 Å². The van der Waals surface area contributed by atoms with Crippen LogP contribution in [0.2, 0.25) is 0 Å². The van der Waals surface area contributed by atoms with Gasteiger partial charge < -0.3 is 19.3 Å². The van der Waals surface area contributed by atoms with Gasteiger partial charge in [-0.3, -0.25) is 14.5 Å². The van der Waals surface area contributed by atoms with Crippen molar-refractivity contribution in [2.75, 3.05) is 24.7 Å². The van der Waals surface area contributed by atoms with E-state index in [1.807, 2.05) is 55.5 Å². The van der Waals surface area contributed by atoms with Crippen molar-refractivity contribution >= 4 is 44.1 Å². The molecule has 3 aromatic carbocycles. The number of anilines is 1. The third kappa shape index (κ3) is 3.97. The van der Waals surface area contributed by atoms with E-state index in [0.717, 1.165) is 4.70 Å². The molecule has 0 spiro atoms. The van der Waals surface area contributed by atoms with Crippen molar-refractivity contribution in [3.8, 4) is 17.2 Å². The van der Waals surface area contributed by atoms with Gasteiger partial charge in [-0.05, 0) is 48.9 Å². The molecule has 3 heterocycles.